The van der Waals surface area contributed by atoms with Gasteiger partial charge in [-0.3, -0.25) is 4.79 Å². The molecule has 1 fully saturated rings. The monoisotopic (exact) mass is 304 g/mol. The van der Waals surface area contributed by atoms with E-state index in [4.69, 9.17) is 4.74 Å². The summed E-state index contributed by atoms with van der Waals surface area (Å²) in [4.78, 5) is 12.3. The van der Waals surface area contributed by atoms with Gasteiger partial charge in [0.1, 0.15) is 12.4 Å². The molecule has 1 unspecified atom stereocenters. The standard InChI is InChI=1S/C18H28N2O2/c1-12-6-5-7-13(2)17(12)22-11-15(4)20-18(21)16-8-9-19-14(3)10-16/h5-7,14-16,19H,8-11H2,1-4H3,(H,20,21)/t14-,15?,16-/m0/s1. The van der Waals surface area contributed by atoms with Crippen molar-refractivity contribution < 1.29 is 9.53 Å². The Labute approximate surface area is 133 Å². The maximum absolute atomic E-state index is 12.3. The Bertz CT molecular complexity index is 496. The fourth-order valence-electron chi connectivity index (χ4n) is 3.01. The van der Waals surface area contributed by atoms with Crippen molar-refractivity contribution in [2.24, 2.45) is 5.92 Å². The summed E-state index contributed by atoms with van der Waals surface area (Å²) in [5, 5.41) is 6.46. The zero-order valence-electron chi connectivity index (χ0n) is 14.1. The Morgan fingerprint density at radius 3 is 2.73 bits per heavy atom. The van der Waals surface area contributed by atoms with Crippen LogP contribution in [0.1, 0.15) is 37.8 Å². The van der Waals surface area contributed by atoms with Crippen LogP contribution in [0.5, 0.6) is 5.75 Å². The molecule has 1 aliphatic heterocycles. The summed E-state index contributed by atoms with van der Waals surface area (Å²) in [6, 6.07) is 6.55. The topological polar surface area (TPSA) is 50.4 Å². The quantitative estimate of drug-likeness (QED) is 0.879. The lowest BCUT2D eigenvalue weighted by Gasteiger charge is -2.28. The molecule has 0 bridgehead atoms. The predicted octanol–water partition coefficient (Wildman–Crippen LogP) is 2.58. The number of carbonyl (C=O) groups excluding carboxylic acids is 1. The summed E-state index contributed by atoms with van der Waals surface area (Å²) >= 11 is 0. The van der Waals surface area contributed by atoms with Gasteiger partial charge in [0.15, 0.2) is 0 Å². The van der Waals surface area contributed by atoms with Crippen molar-refractivity contribution in [3.63, 3.8) is 0 Å². The molecule has 3 atom stereocenters. The smallest absolute Gasteiger partial charge is 0.223 e. The number of hydrogen-bond acceptors (Lipinski definition) is 3. The number of piperidine rings is 1. The molecular formula is C18H28N2O2. The van der Waals surface area contributed by atoms with Gasteiger partial charge in [0.2, 0.25) is 5.91 Å². The number of amides is 1. The third-order valence-electron chi connectivity index (χ3n) is 4.27. The largest absolute Gasteiger partial charge is 0.491 e. The lowest BCUT2D eigenvalue weighted by molar-refractivity contribution is -0.126. The molecule has 1 saturated heterocycles. The van der Waals surface area contributed by atoms with Gasteiger partial charge in [-0.2, -0.15) is 0 Å². The van der Waals surface area contributed by atoms with Crippen molar-refractivity contribution in [2.45, 2.75) is 52.6 Å². The Morgan fingerprint density at radius 2 is 2.09 bits per heavy atom. The number of rotatable bonds is 5. The highest BCUT2D eigenvalue weighted by Crippen LogP contribution is 2.22. The van der Waals surface area contributed by atoms with Crippen LogP contribution in [0.15, 0.2) is 18.2 Å². The summed E-state index contributed by atoms with van der Waals surface area (Å²) in [6.45, 7) is 9.64. The number of nitrogens with one attached hydrogen (secondary N) is 2. The van der Waals surface area contributed by atoms with Gasteiger partial charge in [-0.05, 0) is 58.2 Å². The van der Waals surface area contributed by atoms with Gasteiger partial charge < -0.3 is 15.4 Å². The molecule has 1 aromatic rings. The maximum atomic E-state index is 12.3. The molecule has 0 saturated carbocycles. The number of para-hydroxylation sites is 1. The Balaban J connectivity index is 1.82. The molecular weight excluding hydrogens is 276 g/mol. The lowest BCUT2D eigenvalue weighted by Crippen LogP contribution is -2.45. The molecule has 122 valence electrons. The SMILES string of the molecule is Cc1cccc(C)c1OCC(C)NC(=O)[C@H]1CCN[C@@H](C)C1. The average Bonchev–Trinajstić information content (AvgIpc) is 2.46. The van der Waals surface area contributed by atoms with Crippen molar-refractivity contribution in [3.05, 3.63) is 29.3 Å². The Morgan fingerprint density at radius 1 is 1.41 bits per heavy atom. The molecule has 1 aliphatic rings. The molecule has 22 heavy (non-hydrogen) atoms. The third kappa shape index (κ3) is 4.47. The van der Waals surface area contributed by atoms with E-state index in [9.17, 15) is 4.79 Å². The molecule has 1 heterocycles. The van der Waals surface area contributed by atoms with Gasteiger partial charge >= 0.3 is 0 Å². The summed E-state index contributed by atoms with van der Waals surface area (Å²) in [5.41, 5.74) is 2.26. The van der Waals surface area contributed by atoms with E-state index in [1.165, 1.54) is 0 Å². The van der Waals surface area contributed by atoms with Crippen LogP contribution in [-0.4, -0.2) is 31.1 Å². The minimum atomic E-state index is 0.0108. The van der Waals surface area contributed by atoms with Crippen LogP contribution in [0, 0.1) is 19.8 Å². The molecule has 0 radical (unpaired) electrons. The van der Waals surface area contributed by atoms with Crippen molar-refractivity contribution in [1.29, 1.82) is 0 Å². The highest BCUT2D eigenvalue weighted by atomic mass is 16.5. The first-order valence-electron chi connectivity index (χ1n) is 8.20. The molecule has 4 nitrogen and oxygen atoms in total. The van der Waals surface area contributed by atoms with Gasteiger partial charge in [-0.1, -0.05) is 18.2 Å². The minimum Gasteiger partial charge on any atom is -0.491 e. The zero-order chi connectivity index (χ0) is 16.1. The van der Waals surface area contributed by atoms with Crippen molar-refractivity contribution >= 4 is 5.91 Å². The van der Waals surface area contributed by atoms with Gasteiger partial charge in [0.05, 0.1) is 6.04 Å². The van der Waals surface area contributed by atoms with E-state index in [1.54, 1.807) is 0 Å². The van der Waals surface area contributed by atoms with Gasteiger partial charge in [0, 0.05) is 12.0 Å². The van der Waals surface area contributed by atoms with E-state index < -0.39 is 0 Å². The summed E-state index contributed by atoms with van der Waals surface area (Å²) in [7, 11) is 0. The molecule has 1 amide bonds. The van der Waals surface area contributed by atoms with Crippen LogP contribution in [0.3, 0.4) is 0 Å². The molecule has 4 heteroatoms. The van der Waals surface area contributed by atoms with E-state index in [0.717, 1.165) is 36.3 Å². The molecule has 2 rings (SSSR count). The first-order chi connectivity index (χ1) is 10.5. The minimum absolute atomic E-state index is 0.0108. The third-order valence-corrected chi connectivity index (χ3v) is 4.27. The van der Waals surface area contributed by atoms with Crippen molar-refractivity contribution in [1.82, 2.24) is 10.6 Å². The molecule has 0 aliphatic carbocycles. The maximum Gasteiger partial charge on any atom is 0.223 e. The molecule has 1 aromatic carbocycles. The van der Waals surface area contributed by atoms with E-state index in [-0.39, 0.29) is 17.9 Å². The van der Waals surface area contributed by atoms with E-state index >= 15 is 0 Å². The second-order valence-corrected chi connectivity index (χ2v) is 6.52. The first-order valence-corrected chi connectivity index (χ1v) is 8.20. The highest BCUT2D eigenvalue weighted by molar-refractivity contribution is 5.79. The number of hydrogen-bond donors (Lipinski definition) is 2. The fraction of sp³-hybridized carbons (Fsp3) is 0.611. The summed E-state index contributed by atoms with van der Waals surface area (Å²) < 4.78 is 5.91. The Kier molecular flexibility index (Phi) is 5.83. The van der Waals surface area contributed by atoms with Crippen LogP contribution in [0.2, 0.25) is 0 Å². The number of carbonyl (C=O) groups is 1. The van der Waals surface area contributed by atoms with E-state index in [0.29, 0.717) is 12.6 Å². The predicted molar refractivity (Wildman–Crippen MR) is 89.2 cm³/mol. The van der Waals surface area contributed by atoms with E-state index in [2.05, 4.69) is 17.6 Å². The lowest BCUT2D eigenvalue weighted by atomic mass is 9.92. The summed E-state index contributed by atoms with van der Waals surface area (Å²) in [5.74, 6) is 1.21. The summed E-state index contributed by atoms with van der Waals surface area (Å²) in [6.07, 6.45) is 1.83. The van der Waals surface area contributed by atoms with Gasteiger partial charge in [-0.25, -0.2) is 0 Å². The van der Waals surface area contributed by atoms with Crippen molar-refractivity contribution in [2.75, 3.05) is 13.2 Å². The highest BCUT2D eigenvalue weighted by Gasteiger charge is 2.25. The van der Waals surface area contributed by atoms with Crippen LogP contribution in [0.4, 0.5) is 0 Å². The van der Waals surface area contributed by atoms with Gasteiger partial charge in [0.25, 0.3) is 0 Å². The van der Waals surface area contributed by atoms with Crippen LogP contribution in [-0.2, 0) is 4.79 Å². The molecule has 0 spiro atoms. The van der Waals surface area contributed by atoms with Crippen LogP contribution in [0.25, 0.3) is 0 Å². The first kappa shape index (κ1) is 16.8. The second kappa shape index (κ2) is 7.63. The fourth-order valence-corrected chi connectivity index (χ4v) is 3.01. The average molecular weight is 304 g/mol. The number of ether oxygens (including phenoxy) is 1. The normalized spacial score (nSPS) is 22.9. The Hall–Kier alpha value is -1.55. The van der Waals surface area contributed by atoms with E-state index in [1.807, 2.05) is 39.0 Å². The zero-order valence-corrected chi connectivity index (χ0v) is 14.1. The molecule has 0 aromatic heterocycles. The second-order valence-electron chi connectivity index (χ2n) is 6.52. The van der Waals surface area contributed by atoms with Crippen LogP contribution >= 0.6 is 0 Å². The molecule has 2 N–H and O–H groups in total. The van der Waals surface area contributed by atoms with Gasteiger partial charge in [-0.15, -0.1) is 0 Å². The van der Waals surface area contributed by atoms with Crippen molar-refractivity contribution in [3.8, 4) is 5.75 Å². The number of aryl methyl sites for hydroxylation is 2. The van der Waals surface area contributed by atoms with Crippen LogP contribution < -0.4 is 15.4 Å². The number of benzene rings is 1.